The van der Waals surface area contributed by atoms with Crippen LogP contribution in [0.25, 0.3) is 0 Å². The number of likely N-dealkylation sites (tertiary alicyclic amines) is 1. The van der Waals surface area contributed by atoms with Crippen LogP contribution in [-0.4, -0.2) is 58.1 Å². The normalized spacial score (nSPS) is 24.5. The van der Waals surface area contributed by atoms with Crippen molar-refractivity contribution in [2.24, 2.45) is 0 Å². The highest BCUT2D eigenvalue weighted by Gasteiger charge is 2.62. The number of carbonyl (C=O) groups is 3. The van der Waals surface area contributed by atoms with E-state index in [1.54, 1.807) is 4.90 Å². The number of hydrogen-bond acceptors (Lipinski definition) is 4. The minimum absolute atomic E-state index is 0.110. The molecule has 0 N–H and O–H groups in total. The van der Waals surface area contributed by atoms with Gasteiger partial charge in [0.15, 0.2) is 0 Å². The summed E-state index contributed by atoms with van der Waals surface area (Å²) in [5.74, 6) is -0.502. The first-order chi connectivity index (χ1) is 15.3. The Morgan fingerprint density at radius 3 is 2.53 bits per heavy atom. The number of halogens is 3. The standard InChI is InChI=1S/C22H18F3N3O3S/c23-22(24,25)13-5-4-6-14(9-13)28-20(30)19-17-10-15(27(19)21(28)31)11-26(17)18(29)12-32-16-7-2-1-3-8-16/h1-9,15,17,19H,10-12H2/t15?,17?,19-/m1/s1. The molecule has 0 saturated carbocycles. The third-order valence-corrected chi connectivity index (χ3v) is 7.12. The van der Waals surface area contributed by atoms with Crippen LogP contribution in [0.5, 0.6) is 0 Å². The summed E-state index contributed by atoms with van der Waals surface area (Å²) in [6.45, 7) is 0.324. The molecule has 3 aliphatic rings. The number of urea groups is 1. The number of nitrogens with zero attached hydrogens (tertiary/aromatic N) is 3. The fourth-order valence-corrected chi connectivity index (χ4v) is 5.55. The van der Waals surface area contributed by atoms with Crippen LogP contribution in [0.4, 0.5) is 23.7 Å². The van der Waals surface area contributed by atoms with E-state index in [0.717, 1.165) is 21.9 Å². The van der Waals surface area contributed by atoms with E-state index in [1.165, 1.54) is 28.8 Å². The van der Waals surface area contributed by atoms with Gasteiger partial charge in [-0.05, 0) is 36.8 Å². The van der Waals surface area contributed by atoms with Crippen molar-refractivity contribution in [2.75, 3.05) is 17.2 Å². The number of carbonyl (C=O) groups excluding carboxylic acids is 3. The summed E-state index contributed by atoms with van der Waals surface area (Å²) in [4.78, 5) is 43.8. The van der Waals surface area contributed by atoms with Crippen LogP contribution in [0.3, 0.4) is 0 Å². The molecule has 0 aromatic heterocycles. The molecule has 3 saturated heterocycles. The van der Waals surface area contributed by atoms with Crippen molar-refractivity contribution < 1.29 is 27.6 Å². The molecule has 166 valence electrons. The lowest BCUT2D eigenvalue weighted by molar-refractivity contribution is -0.137. The smallest absolute Gasteiger partial charge is 0.334 e. The van der Waals surface area contributed by atoms with Gasteiger partial charge in [-0.15, -0.1) is 11.8 Å². The maximum absolute atomic E-state index is 13.1. The lowest BCUT2D eigenvalue weighted by atomic mass is 10.1. The molecular weight excluding hydrogens is 443 g/mol. The SMILES string of the molecule is O=C1[C@H]2C3CC(CN3C(=O)CSc3ccccc3)N2C(=O)N1c1cccc(C(F)(F)F)c1. The summed E-state index contributed by atoms with van der Waals surface area (Å²) in [5, 5.41) is 0. The van der Waals surface area contributed by atoms with Crippen LogP contribution in [0.1, 0.15) is 12.0 Å². The van der Waals surface area contributed by atoms with Crippen molar-refractivity contribution in [1.29, 1.82) is 0 Å². The van der Waals surface area contributed by atoms with Gasteiger partial charge in [0.25, 0.3) is 5.91 Å². The Hall–Kier alpha value is -3.01. The van der Waals surface area contributed by atoms with Crippen LogP contribution in [-0.2, 0) is 15.8 Å². The predicted octanol–water partition coefficient (Wildman–Crippen LogP) is 3.62. The van der Waals surface area contributed by atoms with Gasteiger partial charge < -0.3 is 9.80 Å². The second kappa shape index (κ2) is 7.54. The highest BCUT2D eigenvalue weighted by atomic mass is 32.2. The van der Waals surface area contributed by atoms with Gasteiger partial charge in [0, 0.05) is 11.4 Å². The number of amides is 4. The third kappa shape index (κ3) is 3.33. The molecule has 2 unspecified atom stereocenters. The van der Waals surface area contributed by atoms with E-state index in [4.69, 9.17) is 0 Å². The van der Waals surface area contributed by atoms with Crippen molar-refractivity contribution in [1.82, 2.24) is 9.80 Å². The maximum atomic E-state index is 13.1. The maximum Gasteiger partial charge on any atom is 0.416 e. The third-order valence-electron chi connectivity index (χ3n) is 6.12. The molecule has 2 bridgehead atoms. The number of rotatable bonds is 4. The quantitative estimate of drug-likeness (QED) is 0.516. The summed E-state index contributed by atoms with van der Waals surface area (Å²) in [6.07, 6.45) is -4.09. The molecule has 32 heavy (non-hydrogen) atoms. The summed E-state index contributed by atoms with van der Waals surface area (Å²) in [7, 11) is 0. The minimum atomic E-state index is -4.59. The molecule has 10 heteroatoms. The van der Waals surface area contributed by atoms with Crippen LogP contribution in [0.15, 0.2) is 59.5 Å². The lowest BCUT2D eigenvalue weighted by Crippen LogP contribution is -2.55. The number of thioether (sulfide) groups is 1. The molecule has 3 fully saturated rings. The van der Waals surface area contributed by atoms with Gasteiger partial charge in [-0.25, -0.2) is 9.69 Å². The fourth-order valence-electron chi connectivity index (χ4n) is 4.75. The Kier molecular flexibility index (Phi) is 4.92. The molecule has 3 atom stereocenters. The molecule has 5 rings (SSSR count). The first-order valence-electron chi connectivity index (χ1n) is 10.1. The van der Waals surface area contributed by atoms with Gasteiger partial charge in [0.05, 0.1) is 29.1 Å². The molecule has 3 heterocycles. The predicted molar refractivity (Wildman–Crippen MR) is 111 cm³/mol. The van der Waals surface area contributed by atoms with Crippen molar-refractivity contribution in [3.63, 3.8) is 0 Å². The summed E-state index contributed by atoms with van der Waals surface area (Å²) < 4.78 is 39.3. The number of piperazine rings is 1. The number of fused-ring (bicyclic) bond motifs is 5. The highest BCUT2D eigenvalue weighted by Crippen LogP contribution is 2.43. The van der Waals surface area contributed by atoms with Crippen LogP contribution < -0.4 is 4.90 Å². The van der Waals surface area contributed by atoms with Gasteiger partial charge in [-0.3, -0.25) is 9.59 Å². The van der Waals surface area contributed by atoms with Crippen LogP contribution in [0.2, 0.25) is 0 Å². The van der Waals surface area contributed by atoms with Gasteiger partial charge in [-0.2, -0.15) is 13.2 Å². The Morgan fingerprint density at radius 2 is 1.81 bits per heavy atom. The van der Waals surface area contributed by atoms with Crippen molar-refractivity contribution in [3.8, 4) is 0 Å². The van der Waals surface area contributed by atoms with E-state index in [2.05, 4.69) is 0 Å². The molecule has 2 aromatic carbocycles. The molecule has 2 aromatic rings. The number of hydrogen-bond donors (Lipinski definition) is 0. The number of anilines is 1. The lowest BCUT2D eigenvalue weighted by Gasteiger charge is -2.34. The monoisotopic (exact) mass is 461 g/mol. The molecule has 0 aliphatic carbocycles. The molecule has 0 spiro atoms. The largest absolute Gasteiger partial charge is 0.416 e. The Balaban J connectivity index is 1.34. The van der Waals surface area contributed by atoms with Crippen LogP contribution in [0, 0.1) is 0 Å². The topological polar surface area (TPSA) is 60.9 Å². The first-order valence-corrected chi connectivity index (χ1v) is 11.0. The average Bonchev–Trinajstić information content (AvgIpc) is 3.43. The second-order valence-corrected chi connectivity index (χ2v) is 9.01. The van der Waals surface area contributed by atoms with E-state index in [9.17, 15) is 27.6 Å². The summed E-state index contributed by atoms with van der Waals surface area (Å²) in [6, 6.07) is 11.4. The van der Waals surface area contributed by atoms with Crippen LogP contribution >= 0.6 is 11.8 Å². The minimum Gasteiger partial charge on any atom is -0.334 e. The average molecular weight is 461 g/mol. The molecule has 0 radical (unpaired) electrons. The van der Waals surface area contributed by atoms with E-state index < -0.39 is 35.8 Å². The summed E-state index contributed by atoms with van der Waals surface area (Å²) in [5.41, 5.74) is -1.04. The fraction of sp³-hybridized carbons (Fsp3) is 0.318. The number of alkyl halides is 3. The molecular formula is C22H18F3N3O3S. The zero-order valence-electron chi connectivity index (χ0n) is 16.7. The Bertz CT molecular complexity index is 1090. The Morgan fingerprint density at radius 1 is 1.06 bits per heavy atom. The van der Waals surface area contributed by atoms with Gasteiger partial charge in [0.2, 0.25) is 5.91 Å². The molecule has 3 aliphatic heterocycles. The molecule has 4 amide bonds. The Labute approximate surface area is 186 Å². The second-order valence-electron chi connectivity index (χ2n) is 7.96. The van der Waals surface area contributed by atoms with Gasteiger partial charge in [-0.1, -0.05) is 24.3 Å². The van der Waals surface area contributed by atoms with Gasteiger partial charge >= 0.3 is 12.2 Å². The number of imide groups is 1. The first kappa shape index (κ1) is 20.9. The van der Waals surface area contributed by atoms with E-state index in [1.807, 2.05) is 30.3 Å². The molecule has 6 nitrogen and oxygen atoms in total. The van der Waals surface area contributed by atoms with Crippen molar-refractivity contribution >= 4 is 35.3 Å². The van der Waals surface area contributed by atoms with E-state index >= 15 is 0 Å². The zero-order valence-corrected chi connectivity index (χ0v) is 17.5. The van der Waals surface area contributed by atoms with Crippen molar-refractivity contribution in [2.45, 2.75) is 35.6 Å². The zero-order chi connectivity index (χ0) is 22.6. The van der Waals surface area contributed by atoms with Crippen molar-refractivity contribution in [3.05, 3.63) is 60.2 Å². The number of benzene rings is 2. The summed E-state index contributed by atoms with van der Waals surface area (Å²) >= 11 is 1.40. The highest BCUT2D eigenvalue weighted by molar-refractivity contribution is 8.00. The van der Waals surface area contributed by atoms with E-state index in [-0.39, 0.29) is 23.4 Å². The van der Waals surface area contributed by atoms with Gasteiger partial charge in [0.1, 0.15) is 6.04 Å². The van der Waals surface area contributed by atoms with E-state index in [0.29, 0.717) is 13.0 Å².